The number of aromatic nitrogens is 1. The maximum absolute atomic E-state index is 6.05. The molecule has 2 aliphatic heterocycles. The number of nitrogens with zero attached hydrogens (tertiary/aromatic N) is 2. The highest BCUT2D eigenvalue weighted by Gasteiger charge is 2.34. The summed E-state index contributed by atoms with van der Waals surface area (Å²) in [5.74, 6) is 2.54. The van der Waals surface area contributed by atoms with E-state index in [4.69, 9.17) is 4.74 Å². The maximum atomic E-state index is 6.05. The minimum Gasteiger partial charge on any atom is -0.451 e. The molecular weight excluding hydrogens is 292 g/mol. The second-order valence-corrected chi connectivity index (χ2v) is 6.52. The van der Waals surface area contributed by atoms with Gasteiger partial charge in [-0.2, -0.15) is 0 Å². The molecule has 106 valence electrons. The van der Waals surface area contributed by atoms with Gasteiger partial charge in [0.15, 0.2) is 17.3 Å². The minimum atomic E-state index is 0.798. The predicted octanol–water partition coefficient (Wildman–Crippen LogP) is 5.43. The number of aryl methyl sites for hydroxylation is 1. The summed E-state index contributed by atoms with van der Waals surface area (Å²) >= 11 is 1.78. The van der Waals surface area contributed by atoms with Crippen LogP contribution in [0.1, 0.15) is 5.56 Å². The van der Waals surface area contributed by atoms with Gasteiger partial charge in [0.05, 0.1) is 5.69 Å². The third-order valence-corrected chi connectivity index (χ3v) is 5.06. The normalized spacial score (nSPS) is 13.8. The van der Waals surface area contributed by atoms with E-state index in [1.165, 1.54) is 21.0 Å². The van der Waals surface area contributed by atoms with Crippen LogP contribution in [-0.4, -0.2) is 4.98 Å². The lowest BCUT2D eigenvalue weighted by Gasteiger charge is -2.37. The molecule has 0 spiro atoms. The van der Waals surface area contributed by atoms with E-state index in [0.717, 1.165) is 23.0 Å². The highest BCUT2D eigenvalue weighted by Crippen LogP contribution is 2.58. The van der Waals surface area contributed by atoms with Crippen LogP contribution in [0.2, 0.25) is 0 Å². The van der Waals surface area contributed by atoms with E-state index in [-0.39, 0.29) is 0 Å². The predicted molar refractivity (Wildman–Crippen MR) is 87.9 cm³/mol. The fraction of sp³-hybridized carbons (Fsp3) is 0.0556. The zero-order chi connectivity index (χ0) is 14.7. The van der Waals surface area contributed by atoms with Gasteiger partial charge in [0, 0.05) is 16.0 Å². The topological polar surface area (TPSA) is 25.4 Å². The van der Waals surface area contributed by atoms with Crippen molar-refractivity contribution in [3.8, 4) is 11.5 Å². The van der Waals surface area contributed by atoms with Gasteiger partial charge < -0.3 is 4.74 Å². The van der Waals surface area contributed by atoms with Crippen LogP contribution in [0.4, 0.5) is 17.2 Å². The number of fused-ring (bicyclic) bond motifs is 4. The molecule has 3 nitrogen and oxygen atoms in total. The molecule has 1 aromatic heterocycles. The molecule has 2 aromatic carbocycles. The number of benzene rings is 2. The fourth-order valence-corrected chi connectivity index (χ4v) is 4.05. The van der Waals surface area contributed by atoms with Crippen molar-refractivity contribution < 1.29 is 4.74 Å². The minimum absolute atomic E-state index is 0.798. The molecule has 0 bridgehead atoms. The molecule has 0 fully saturated rings. The van der Waals surface area contributed by atoms with Gasteiger partial charge in [-0.1, -0.05) is 23.9 Å². The number of hydrogen-bond acceptors (Lipinski definition) is 4. The summed E-state index contributed by atoms with van der Waals surface area (Å²) in [6.07, 6.45) is 1.81. The Hall–Kier alpha value is -2.46. The smallest absolute Gasteiger partial charge is 0.181 e. The molecule has 3 aromatic rings. The van der Waals surface area contributed by atoms with Crippen molar-refractivity contribution in [2.24, 2.45) is 0 Å². The van der Waals surface area contributed by atoms with E-state index < -0.39 is 0 Å². The maximum Gasteiger partial charge on any atom is 0.181 e. The summed E-state index contributed by atoms with van der Waals surface area (Å²) < 4.78 is 6.05. The van der Waals surface area contributed by atoms with Gasteiger partial charge in [0.2, 0.25) is 0 Å². The van der Waals surface area contributed by atoms with Crippen molar-refractivity contribution in [1.29, 1.82) is 0 Å². The molecule has 0 unspecified atom stereocenters. The first-order chi connectivity index (χ1) is 10.8. The van der Waals surface area contributed by atoms with Crippen molar-refractivity contribution >= 4 is 29.0 Å². The molecule has 2 aliphatic rings. The Morgan fingerprint density at radius 3 is 2.86 bits per heavy atom. The third kappa shape index (κ3) is 1.56. The lowest BCUT2D eigenvalue weighted by molar-refractivity contribution is 0.472. The SMILES string of the molecule is Cc1ccc2c(c1)N1c3ncccc3Oc3cccc(c31)S2. The standard InChI is InChI=1S/C18H12N2OS/c1-11-7-8-15-12(10-11)20-17-13(4-2-6-16(17)22-15)21-14-5-3-9-19-18(14)20/h2-10H,1H3. The molecule has 0 radical (unpaired) electrons. The van der Waals surface area contributed by atoms with Crippen molar-refractivity contribution in [1.82, 2.24) is 4.98 Å². The Bertz CT molecular complexity index is 908. The average Bonchev–Trinajstić information content (AvgIpc) is 2.55. The first kappa shape index (κ1) is 12.1. The summed E-state index contributed by atoms with van der Waals surface area (Å²) in [5.41, 5.74) is 3.51. The number of hydrogen-bond donors (Lipinski definition) is 0. The van der Waals surface area contributed by atoms with E-state index in [1.807, 2.05) is 30.5 Å². The molecule has 0 saturated heterocycles. The van der Waals surface area contributed by atoms with Crippen LogP contribution in [0.25, 0.3) is 0 Å². The van der Waals surface area contributed by atoms with Crippen molar-refractivity contribution in [3.05, 3.63) is 60.3 Å². The quantitative estimate of drug-likeness (QED) is 0.381. The molecule has 0 saturated carbocycles. The second kappa shape index (κ2) is 4.27. The van der Waals surface area contributed by atoms with Gasteiger partial charge >= 0.3 is 0 Å². The molecular formula is C18H12N2OS. The summed E-state index contributed by atoms with van der Waals surface area (Å²) in [5, 5.41) is 0. The molecule has 0 aliphatic carbocycles. The van der Waals surface area contributed by atoms with Crippen molar-refractivity contribution in [2.45, 2.75) is 16.7 Å². The van der Waals surface area contributed by atoms with Crippen LogP contribution < -0.4 is 9.64 Å². The lowest BCUT2D eigenvalue weighted by Crippen LogP contribution is -2.20. The zero-order valence-corrected chi connectivity index (χ0v) is 12.7. The van der Waals surface area contributed by atoms with Crippen molar-refractivity contribution in [3.63, 3.8) is 0 Å². The average molecular weight is 304 g/mol. The molecule has 4 heteroatoms. The molecule has 22 heavy (non-hydrogen) atoms. The summed E-state index contributed by atoms with van der Waals surface area (Å²) in [4.78, 5) is 9.23. The van der Waals surface area contributed by atoms with Crippen LogP contribution in [0.5, 0.6) is 11.5 Å². The third-order valence-electron chi connectivity index (χ3n) is 3.94. The zero-order valence-electron chi connectivity index (χ0n) is 11.9. The van der Waals surface area contributed by atoms with Crippen LogP contribution in [-0.2, 0) is 0 Å². The first-order valence-corrected chi connectivity index (χ1v) is 7.97. The highest BCUT2D eigenvalue weighted by molar-refractivity contribution is 7.99. The van der Waals surface area contributed by atoms with E-state index in [9.17, 15) is 0 Å². The molecule has 3 heterocycles. The molecule has 0 atom stereocenters. The summed E-state index contributed by atoms with van der Waals surface area (Å²) in [6, 6.07) is 16.6. The highest BCUT2D eigenvalue weighted by atomic mass is 32.2. The Kier molecular flexibility index (Phi) is 2.35. The molecule has 5 rings (SSSR count). The first-order valence-electron chi connectivity index (χ1n) is 7.16. The van der Waals surface area contributed by atoms with Gasteiger partial charge in [-0.3, -0.25) is 4.90 Å². The van der Waals surface area contributed by atoms with Crippen LogP contribution in [0.15, 0.2) is 64.5 Å². The van der Waals surface area contributed by atoms with Gasteiger partial charge in [-0.05, 0) is 48.9 Å². The van der Waals surface area contributed by atoms with E-state index in [2.05, 4.69) is 41.1 Å². The van der Waals surface area contributed by atoms with E-state index in [0.29, 0.717) is 0 Å². The fourth-order valence-electron chi connectivity index (χ4n) is 2.98. The number of ether oxygens (including phenoxy) is 1. The monoisotopic (exact) mass is 304 g/mol. The number of anilines is 3. The summed E-state index contributed by atoms with van der Waals surface area (Å²) in [7, 11) is 0. The number of rotatable bonds is 0. The largest absolute Gasteiger partial charge is 0.451 e. The summed E-state index contributed by atoms with van der Waals surface area (Å²) in [6.45, 7) is 2.12. The Morgan fingerprint density at radius 1 is 1.00 bits per heavy atom. The Morgan fingerprint density at radius 2 is 1.91 bits per heavy atom. The molecule has 0 amide bonds. The Labute approximate surface area is 132 Å². The van der Waals surface area contributed by atoms with Gasteiger partial charge in [-0.25, -0.2) is 4.98 Å². The van der Waals surface area contributed by atoms with Crippen LogP contribution >= 0.6 is 11.8 Å². The van der Waals surface area contributed by atoms with Crippen molar-refractivity contribution in [2.75, 3.05) is 4.90 Å². The van der Waals surface area contributed by atoms with Crippen LogP contribution in [0.3, 0.4) is 0 Å². The van der Waals surface area contributed by atoms with Gasteiger partial charge in [-0.15, -0.1) is 0 Å². The second-order valence-electron chi connectivity index (χ2n) is 5.44. The van der Waals surface area contributed by atoms with E-state index in [1.54, 1.807) is 11.8 Å². The van der Waals surface area contributed by atoms with Gasteiger partial charge in [0.25, 0.3) is 0 Å². The van der Waals surface area contributed by atoms with Crippen LogP contribution in [0, 0.1) is 6.92 Å². The number of pyridine rings is 1. The molecule has 0 N–H and O–H groups in total. The Balaban J connectivity index is 1.87. The lowest BCUT2D eigenvalue weighted by atomic mass is 10.1. The van der Waals surface area contributed by atoms with Gasteiger partial charge in [0.1, 0.15) is 5.69 Å². The number of para-hydroxylation sites is 1. The van der Waals surface area contributed by atoms with E-state index >= 15 is 0 Å².